The predicted molar refractivity (Wildman–Crippen MR) is 51.0 cm³/mol. The lowest BCUT2D eigenvalue weighted by molar-refractivity contribution is -0.0429. The molecule has 0 aromatic heterocycles. The molecule has 72 valence electrons. The van der Waals surface area contributed by atoms with Crippen LogP contribution in [0.25, 0.3) is 0 Å². The Morgan fingerprint density at radius 1 is 1.42 bits per heavy atom. The Labute approximate surface area is 75.7 Å². The average molecular weight is 171 g/mol. The van der Waals surface area contributed by atoms with Gasteiger partial charge in [-0.25, -0.2) is 0 Å². The van der Waals surface area contributed by atoms with Crippen LogP contribution in [0.2, 0.25) is 0 Å². The molecule has 2 nitrogen and oxygen atoms in total. The number of hydrogen-bond donors (Lipinski definition) is 1. The number of ether oxygens (including phenoxy) is 1. The van der Waals surface area contributed by atoms with E-state index < -0.39 is 0 Å². The van der Waals surface area contributed by atoms with Crippen LogP contribution in [0, 0.1) is 11.3 Å². The fraction of sp³-hybridized carbons (Fsp3) is 1.00. The van der Waals surface area contributed by atoms with Crippen molar-refractivity contribution in [2.45, 2.75) is 40.3 Å². The van der Waals surface area contributed by atoms with Crippen molar-refractivity contribution in [1.29, 1.82) is 0 Å². The monoisotopic (exact) mass is 171 g/mol. The molecule has 0 aliphatic carbocycles. The van der Waals surface area contributed by atoms with E-state index in [9.17, 15) is 0 Å². The summed E-state index contributed by atoms with van der Waals surface area (Å²) >= 11 is 0. The third kappa shape index (κ3) is 3.55. The van der Waals surface area contributed by atoms with Gasteiger partial charge < -0.3 is 4.74 Å². The molecule has 1 saturated heterocycles. The van der Waals surface area contributed by atoms with Crippen LogP contribution in [0.1, 0.15) is 34.1 Å². The quantitative estimate of drug-likeness (QED) is 0.651. The van der Waals surface area contributed by atoms with Crippen molar-refractivity contribution >= 4 is 0 Å². The summed E-state index contributed by atoms with van der Waals surface area (Å²) in [5, 5.41) is 3.40. The second-order valence-electron chi connectivity index (χ2n) is 5.10. The summed E-state index contributed by atoms with van der Waals surface area (Å²) in [5.41, 5.74) is 0.359. The second kappa shape index (κ2) is 3.75. The molecule has 1 heterocycles. The van der Waals surface area contributed by atoms with Gasteiger partial charge in [-0.3, -0.25) is 5.32 Å². The van der Waals surface area contributed by atoms with E-state index in [1.165, 1.54) is 0 Å². The summed E-state index contributed by atoms with van der Waals surface area (Å²) in [5.74, 6) is 0.668. The molecule has 12 heavy (non-hydrogen) atoms. The Bertz CT molecular complexity index is 131. The lowest BCUT2D eigenvalue weighted by Gasteiger charge is -2.32. The SMILES string of the molecule is CC1CNC(CC(C)(C)C)OC1. The lowest BCUT2D eigenvalue weighted by Crippen LogP contribution is -2.44. The van der Waals surface area contributed by atoms with Gasteiger partial charge in [0.05, 0.1) is 6.61 Å². The third-order valence-corrected chi connectivity index (χ3v) is 2.07. The first-order valence-electron chi connectivity index (χ1n) is 4.82. The zero-order valence-corrected chi connectivity index (χ0v) is 8.68. The molecule has 0 saturated carbocycles. The van der Waals surface area contributed by atoms with Crippen LogP contribution in [0.15, 0.2) is 0 Å². The van der Waals surface area contributed by atoms with Crippen molar-refractivity contribution in [2.24, 2.45) is 11.3 Å². The van der Waals surface area contributed by atoms with E-state index in [1.54, 1.807) is 0 Å². The highest BCUT2D eigenvalue weighted by Crippen LogP contribution is 2.22. The fourth-order valence-corrected chi connectivity index (χ4v) is 1.42. The summed E-state index contributed by atoms with van der Waals surface area (Å²) in [6.45, 7) is 11.0. The van der Waals surface area contributed by atoms with E-state index in [-0.39, 0.29) is 6.23 Å². The zero-order valence-electron chi connectivity index (χ0n) is 8.68. The van der Waals surface area contributed by atoms with Crippen molar-refractivity contribution in [3.63, 3.8) is 0 Å². The maximum absolute atomic E-state index is 5.66. The van der Waals surface area contributed by atoms with Crippen molar-refractivity contribution in [2.75, 3.05) is 13.2 Å². The van der Waals surface area contributed by atoms with Crippen molar-refractivity contribution in [3.05, 3.63) is 0 Å². The minimum atomic E-state index is 0.279. The third-order valence-electron chi connectivity index (χ3n) is 2.07. The van der Waals surface area contributed by atoms with Gasteiger partial charge in [-0.15, -0.1) is 0 Å². The minimum absolute atomic E-state index is 0.279. The molecule has 1 aliphatic heterocycles. The molecular formula is C10H21NO. The number of nitrogens with one attached hydrogen (secondary N) is 1. The van der Waals surface area contributed by atoms with Crippen LogP contribution in [0.4, 0.5) is 0 Å². The van der Waals surface area contributed by atoms with Gasteiger partial charge in [-0.05, 0) is 17.8 Å². The Balaban J connectivity index is 2.26. The highest BCUT2D eigenvalue weighted by Gasteiger charge is 2.22. The van der Waals surface area contributed by atoms with Crippen molar-refractivity contribution in [1.82, 2.24) is 5.32 Å². The van der Waals surface area contributed by atoms with Gasteiger partial charge in [0.25, 0.3) is 0 Å². The first-order valence-corrected chi connectivity index (χ1v) is 4.82. The summed E-state index contributed by atoms with van der Waals surface area (Å²) in [4.78, 5) is 0. The molecule has 1 aliphatic rings. The fourth-order valence-electron chi connectivity index (χ4n) is 1.42. The van der Waals surface area contributed by atoms with E-state index in [0.717, 1.165) is 19.6 Å². The number of rotatable bonds is 1. The molecule has 0 aromatic rings. The second-order valence-corrected chi connectivity index (χ2v) is 5.10. The largest absolute Gasteiger partial charge is 0.363 e. The Hall–Kier alpha value is -0.0800. The molecule has 1 N–H and O–H groups in total. The molecule has 2 atom stereocenters. The van der Waals surface area contributed by atoms with Gasteiger partial charge >= 0.3 is 0 Å². The van der Waals surface area contributed by atoms with Crippen LogP contribution in [0.3, 0.4) is 0 Å². The van der Waals surface area contributed by atoms with Crippen LogP contribution in [0.5, 0.6) is 0 Å². The molecule has 0 aromatic carbocycles. The van der Waals surface area contributed by atoms with Gasteiger partial charge in [0.15, 0.2) is 0 Å². The van der Waals surface area contributed by atoms with Crippen molar-refractivity contribution in [3.8, 4) is 0 Å². The first kappa shape index (κ1) is 10.0. The van der Waals surface area contributed by atoms with Crippen LogP contribution in [-0.2, 0) is 4.74 Å². The molecule has 0 radical (unpaired) electrons. The highest BCUT2D eigenvalue weighted by molar-refractivity contribution is 4.72. The summed E-state index contributed by atoms with van der Waals surface area (Å²) < 4.78 is 5.66. The summed E-state index contributed by atoms with van der Waals surface area (Å²) in [7, 11) is 0. The Morgan fingerprint density at radius 2 is 2.08 bits per heavy atom. The van der Waals surface area contributed by atoms with E-state index in [2.05, 4.69) is 33.0 Å². The average Bonchev–Trinajstić information content (AvgIpc) is 1.91. The molecule has 1 fully saturated rings. The highest BCUT2D eigenvalue weighted by atomic mass is 16.5. The molecule has 0 amide bonds. The zero-order chi connectivity index (χ0) is 9.19. The molecule has 0 spiro atoms. The van der Waals surface area contributed by atoms with E-state index in [1.807, 2.05) is 0 Å². The Morgan fingerprint density at radius 3 is 2.50 bits per heavy atom. The van der Waals surface area contributed by atoms with Gasteiger partial charge in [-0.1, -0.05) is 27.7 Å². The molecule has 2 unspecified atom stereocenters. The first-order chi connectivity index (χ1) is 5.47. The molecule has 2 heteroatoms. The Kier molecular flexibility index (Phi) is 3.13. The topological polar surface area (TPSA) is 21.3 Å². The normalized spacial score (nSPS) is 32.0. The van der Waals surface area contributed by atoms with Gasteiger partial charge in [0.1, 0.15) is 6.23 Å². The predicted octanol–water partition coefficient (Wildman–Crippen LogP) is 2.00. The standard InChI is InChI=1S/C10H21NO/c1-8-6-11-9(12-7-8)5-10(2,3)4/h8-9,11H,5-7H2,1-4H3. The van der Waals surface area contributed by atoms with E-state index >= 15 is 0 Å². The molecule has 0 bridgehead atoms. The summed E-state index contributed by atoms with van der Waals surface area (Å²) in [6.07, 6.45) is 1.38. The van der Waals surface area contributed by atoms with Gasteiger partial charge in [0, 0.05) is 6.54 Å². The van der Waals surface area contributed by atoms with Gasteiger partial charge in [0.2, 0.25) is 0 Å². The molecule has 1 rings (SSSR count). The maximum atomic E-state index is 5.66. The van der Waals surface area contributed by atoms with Crippen LogP contribution in [-0.4, -0.2) is 19.4 Å². The smallest absolute Gasteiger partial charge is 0.108 e. The lowest BCUT2D eigenvalue weighted by atomic mass is 9.91. The summed E-state index contributed by atoms with van der Waals surface area (Å²) in [6, 6.07) is 0. The van der Waals surface area contributed by atoms with Gasteiger partial charge in [-0.2, -0.15) is 0 Å². The van der Waals surface area contributed by atoms with Crippen molar-refractivity contribution < 1.29 is 4.74 Å². The van der Waals surface area contributed by atoms with E-state index in [0.29, 0.717) is 11.3 Å². The van der Waals surface area contributed by atoms with Crippen LogP contribution < -0.4 is 5.32 Å². The van der Waals surface area contributed by atoms with Crippen LogP contribution >= 0.6 is 0 Å². The maximum Gasteiger partial charge on any atom is 0.108 e. The number of hydrogen-bond acceptors (Lipinski definition) is 2. The minimum Gasteiger partial charge on any atom is -0.363 e. The molecular weight excluding hydrogens is 150 g/mol. The van der Waals surface area contributed by atoms with E-state index in [4.69, 9.17) is 4.74 Å².